The molecule has 0 amide bonds. The second-order valence-corrected chi connectivity index (χ2v) is 12.0. The number of aromatic nitrogens is 2. The highest BCUT2D eigenvalue weighted by Gasteiger charge is 2.21. The van der Waals surface area contributed by atoms with Gasteiger partial charge in [-0.15, -0.1) is 11.3 Å². The number of para-hydroxylation sites is 2. The van der Waals surface area contributed by atoms with Crippen molar-refractivity contribution in [3.8, 4) is 17.1 Å². The molecule has 0 aliphatic rings. The van der Waals surface area contributed by atoms with Crippen molar-refractivity contribution in [2.75, 3.05) is 7.11 Å². The molecular formula is C38H26N2OS. The molecule has 3 aromatic heterocycles. The van der Waals surface area contributed by atoms with Crippen molar-refractivity contribution in [3.05, 3.63) is 127 Å². The highest BCUT2D eigenvalue weighted by atomic mass is 32.1. The average Bonchev–Trinajstić information content (AvgIpc) is 3.69. The van der Waals surface area contributed by atoms with Crippen LogP contribution in [0.1, 0.15) is 5.56 Å². The maximum absolute atomic E-state index is 5.44. The lowest BCUT2D eigenvalue weighted by atomic mass is 10.1. The molecule has 9 rings (SSSR count). The zero-order chi connectivity index (χ0) is 27.9. The van der Waals surface area contributed by atoms with Crippen LogP contribution < -0.4 is 4.74 Å². The molecular weight excluding hydrogens is 532 g/mol. The Morgan fingerprint density at radius 1 is 0.476 bits per heavy atom. The SMILES string of the molecule is COc1ccc(-n2c3ccccc3c3c4sc5c(ccc6c5c5ccccc5n6-c5ccc(C)cc5)c4ccc32)cc1. The maximum atomic E-state index is 5.44. The van der Waals surface area contributed by atoms with Crippen molar-refractivity contribution in [2.45, 2.75) is 6.92 Å². The molecule has 0 saturated carbocycles. The molecule has 200 valence electrons. The van der Waals surface area contributed by atoms with Crippen molar-refractivity contribution in [3.63, 3.8) is 0 Å². The van der Waals surface area contributed by atoms with Gasteiger partial charge in [-0.05, 0) is 67.6 Å². The fraction of sp³-hybridized carbons (Fsp3) is 0.0526. The number of ether oxygens (including phenoxy) is 1. The highest BCUT2D eigenvalue weighted by molar-refractivity contribution is 7.27. The van der Waals surface area contributed by atoms with Crippen molar-refractivity contribution in [1.82, 2.24) is 9.13 Å². The lowest BCUT2D eigenvalue weighted by Crippen LogP contribution is -1.93. The van der Waals surface area contributed by atoms with Gasteiger partial charge in [-0.1, -0.05) is 66.2 Å². The van der Waals surface area contributed by atoms with E-state index in [1.807, 2.05) is 23.5 Å². The van der Waals surface area contributed by atoms with Crippen molar-refractivity contribution in [2.24, 2.45) is 0 Å². The summed E-state index contributed by atoms with van der Waals surface area (Å²) in [6.45, 7) is 2.14. The van der Waals surface area contributed by atoms with E-state index < -0.39 is 0 Å². The number of thiophene rings is 1. The summed E-state index contributed by atoms with van der Waals surface area (Å²) in [5.41, 5.74) is 8.51. The predicted octanol–water partition coefficient (Wildman–Crippen LogP) is 10.6. The molecule has 0 radical (unpaired) electrons. The van der Waals surface area contributed by atoms with Gasteiger partial charge in [0.15, 0.2) is 0 Å². The first-order valence-electron chi connectivity index (χ1n) is 14.2. The molecule has 0 fully saturated rings. The number of rotatable bonds is 3. The van der Waals surface area contributed by atoms with E-state index in [4.69, 9.17) is 4.74 Å². The van der Waals surface area contributed by atoms with Crippen LogP contribution in [-0.2, 0) is 0 Å². The first kappa shape index (κ1) is 23.6. The van der Waals surface area contributed by atoms with Gasteiger partial charge in [0, 0.05) is 53.1 Å². The normalized spacial score (nSPS) is 12.0. The summed E-state index contributed by atoms with van der Waals surface area (Å²) in [6, 6.07) is 44.1. The van der Waals surface area contributed by atoms with E-state index in [0.717, 1.165) is 11.4 Å². The van der Waals surface area contributed by atoms with Crippen molar-refractivity contribution in [1.29, 1.82) is 0 Å². The third-order valence-electron chi connectivity index (χ3n) is 8.70. The molecule has 0 saturated heterocycles. The molecule has 9 aromatic rings. The fourth-order valence-electron chi connectivity index (χ4n) is 6.78. The third-order valence-corrected chi connectivity index (χ3v) is 9.96. The van der Waals surface area contributed by atoms with Gasteiger partial charge in [0.05, 0.1) is 29.2 Å². The molecule has 0 unspecified atom stereocenters. The molecule has 0 spiro atoms. The molecule has 0 bridgehead atoms. The Hall–Kier alpha value is -5.06. The van der Waals surface area contributed by atoms with E-state index in [9.17, 15) is 0 Å². The van der Waals surface area contributed by atoms with E-state index in [1.165, 1.54) is 75.0 Å². The van der Waals surface area contributed by atoms with Crippen LogP contribution in [0.5, 0.6) is 5.75 Å². The van der Waals surface area contributed by atoms with Crippen LogP contribution in [0.3, 0.4) is 0 Å². The molecule has 0 aliphatic heterocycles. The average molecular weight is 559 g/mol. The minimum Gasteiger partial charge on any atom is -0.497 e. The number of fused-ring (bicyclic) bond motifs is 11. The van der Waals surface area contributed by atoms with Gasteiger partial charge in [0.25, 0.3) is 0 Å². The summed E-state index contributed by atoms with van der Waals surface area (Å²) >= 11 is 1.93. The molecule has 3 nitrogen and oxygen atoms in total. The minimum atomic E-state index is 0.861. The van der Waals surface area contributed by atoms with Gasteiger partial charge in [-0.2, -0.15) is 0 Å². The second-order valence-electron chi connectivity index (χ2n) is 11.0. The predicted molar refractivity (Wildman–Crippen MR) is 179 cm³/mol. The summed E-state index contributed by atoms with van der Waals surface area (Å²) in [7, 11) is 1.71. The number of benzene rings is 6. The topological polar surface area (TPSA) is 19.1 Å². The van der Waals surface area contributed by atoms with E-state index in [-0.39, 0.29) is 0 Å². The first-order chi connectivity index (χ1) is 20.7. The van der Waals surface area contributed by atoms with Crippen LogP contribution in [0.4, 0.5) is 0 Å². The van der Waals surface area contributed by atoms with E-state index in [0.29, 0.717) is 0 Å². The molecule has 0 aliphatic carbocycles. The van der Waals surface area contributed by atoms with Gasteiger partial charge in [0.2, 0.25) is 0 Å². The zero-order valence-corrected chi connectivity index (χ0v) is 24.1. The number of nitrogens with zero attached hydrogens (tertiary/aromatic N) is 2. The summed E-state index contributed by atoms with van der Waals surface area (Å²) in [5.74, 6) is 0.861. The zero-order valence-electron chi connectivity index (χ0n) is 23.3. The van der Waals surface area contributed by atoms with Crippen LogP contribution >= 0.6 is 11.3 Å². The summed E-state index contributed by atoms with van der Waals surface area (Å²) in [4.78, 5) is 0. The number of hydrogen-bond acceptors (Lipinski definition) is 2. The Morgan fingerprint density at radius 2 is 0.952 bits per heavy atom. The highest BCUT2D eigenvalue weighted by Crippen LogP contribution is 2.47. The monoisotopic (exact) mass is 558 g/mol. The van der Waals surface area contributed by atoms with Crippen LogP contribution in [0.25, 0.3) is 75.2 Å². The minimum absolute atomic E-state index is 0.861. The Kier molecular flexibility index (Phi) is 4.90. The van der Waals surface area contributed by atoms with Crippen LogP contribution in [0.2, 0.25) is 0 Å². The Bertz CT molecular complexity index is 2490. The molecule has 0 N–H and O–H groups in total. The largest absolute Gasteiger partial charge is 0.497 e. The molecule has 6 aromatic carbocycles. The summed E-state index contributed by atoms with van der Waals surface area (Å²) in [5, 5.41) is 7.85. The Labute approximate surface area is 246 Å². The maximum Gasteiger partial charge on any atom is 0.119 e. The standard InChI is InChI=1S/C38H26N2OS/c1-23-11-13-24(14-12-23)39-31-9-5-3-7-29(31)35-33(39)21-19-27-28-20-22-34-36(38(28)42-37(27)35)30-8-4-6-10-32(30)40(34)25-15-17-26(41-2)18-16-25/h3-22H,1-2H3. The summed E-state index contributed by atoms with van der Waals surface area (Å²) in [6.07, 6.45) is 0. The lowest BCUT2D eigenvalue weighted by Gasteiger charge is -2.09. The first-order valence-corrected chi connectivity index (χ1v) is 15.0. The number of aryl methyl sites for hydroxylation is 1. The fourth-order valence-corrected chi connectivity index (χ4v) is 8.19. The van der Waals surface area contributed by atoms with Gasteiger partial charge in [0.1, 0.15) is 5.75 Å². The third kappa shape index (κ3) is 3.16. The molecule has 42 heavy (non-hydrogen) atoms. The summed E-state index contributed by atoms with van der Waals surface area (Å²) < 4.78 is 12.9. The molecule has 3 heterocycles. The lowest BCUT2D eigenvalue weighted by molar-refractivity contribution is 0.415. The van der Waals surface area contributed by atoms with E-state index >= 15 is 0 Å². The quantitative estimate of drug-likeness (QED) is 0.211. The second kappa shape index (κ2) is 8.72. The van der Waals surface area contributed by atoms with Gasteiger partial charge in [-0.3, -0.25) is 0 Å². The van der Waals surface area contributed by atoms with Crippen LogP contribution in [-0.4, -0.2) is 16.2 Å². The molecule has 4 heteroatoms. The van der Waals surface area contributed by atoms with Crippen LogP contribution in [0, 0.1) is 6.92 Å². The number of hydrogen-bond donors (Lipinski definition) is 0. The Morgan fingerprint density at radius 3 is 1.45 bits per heavy atom. The van der Waals surface area contributed by atoms with Gasteiger partial charge >= 0.3 is 0 Å². The van der Waals surface area contributed by atoms with Crippen molar-refractivity contribution < 1.29 is 4.74 Å². The van der Waals surface area contributed by atoms with Crippen molar-refractivity contribution >= 4 is 75.1 Å². The molecule has 0 atom stereocenters. The van der Waals surface area contributed by atoms with Gasteiger partial charge in [-0.25, -0.2) is 0 Å². The van der Waals surface area contributed by atoms with Gasteiger partial charge < -0.3 is 13.9 Å². The Balaban J connectivity index is 1.41. The number of methoxy groups -OCH3 is 1. The van der Waals surface area contributed by atoms with E-state index in [2.05, 4.69) is 125 Å². The van der Waals surface area contributed by atoms with Crippen LogP contribution in [0.15, 0.2) is 121 Å². The smallest absolute Gasteiger partial charge is 0.119 e. The van der Waals surface area contributed by atoms with E-state index in [1.54, 1.807) is 7.11 Å².